The van der Waals surface area contributed by atoms with E-state index < -0.39 is 235 Å². The van der Waals surface area contributed by atoms with Gasteiger partial charge in [-0.15, -0.1) is 0 Å². The molecule has 4 aliphatic heterocycles. The minimum Gasteiger partial charge on any atom is -0.481 e. The molecule has 0 unspecified atom stereocenters. The molecule has 4 heterocycles. The molecule has 0 aromatic heterocycles. The van der Waals surface area contributed by atoms with Crippen LogP contribution < -0.4 is 121 Å². The maximum Gasteiger partial charge on any atom is 0.326 e. The molecule has 4 saturated heterocycles. The number of nitrogens with one attached hydrogen (secondary N) is 13. The topological polar surface area (TPSA) is 751 Å². The first kappa shape index (κ1) is 110. The van der Waals surface area contributed by atoms with Gasteiger partial charge in [-0.05, 0) is 217 Å². The van der Waals surface area contributed by atoms with Gasteiger partial charge in [-0.25, -0.2) is 4.79 Å². The summed E-state index contributed by atoms with van der Waals surface area (Å²) in [5.41, 5.74) is 51.0. The minimum atomic E-state index is -1.71. The number of carbonyl (C=O) groups excluding carboxylic acids is 16. The fraction of sp³-hybridized carbons (Fsp3) is 0.775. The quantitative estimate of drug-likeness (QED) is 0.0199. The van der Waals surface area contributed by atoms with Crippen LogP contribution in [0.15, 0.2) is 0 Å². The second-order valence-corrected chi connectivity index (χ2v) is 34.3. The number of nitrogens with two attached hydrogens (primary N) is 9. The van der Waals surface area contributed by atoms with Crippen molar-refractivity contribution in [2.24, 2.45) is 63.4 Å². The first-order chi connectivity index (χ1) is 60.3. The van der Waals surface area contributed by atoms with Gasteiger partial charge >= 0.3 is 11.9 Å². The maximum absolute atomic E-state index is 15.0. The molecule has 720 valence electrons. The number of carbonyl (C=O) groups is 18. The van der Waals surface area contributed by atoms with Crippen LogP contribution in [0, 0.1) is 11.8 Å². The average Bonchev–Trinajstić information content (AvgIpc) is 1.68. The Hall–Kier alpha value is -9.59. The van der Waals surface area contributed by atoms with Crippen LogP contribution in [0.4, 0.5) is 0 Å². The Labute approximate surface area is 745 Å². The SMILES string of the molecule is CSCC[C@H](NC(=O)[C@H](CCCCN)NC(=O)[C@H](CCC(=O)O)NC(=O)[C@H](CCCCN)NC(=O)[C@H](CCCNC(N)N)NC(=O)[C@@H]1CCCN1C(=O)[C@@H]1CCCN1C(=O)[C@@H](NC(=O)[C@H](CC(C)C)NC(=O)[C@@H]1CCCN1C(=O)[C@@H]1CCCN1C(=O)[C@H](CCC(N)=O)NC(=O)CN)C(C)C)C(=O)N[C@@H](CCCNC(N)N)C(=O)NCC(=O)N[C@@H](CCCCN)C(=O)O. The van der Waals surface area contributed by atoms with Crippen LogP contribution >= 0.6 is 11.8 Å². The van der Waals surface area contributed by atoms with Crippen LogP contribution in [0.1, 0.15) is 201 Å². The molecule has 4 rings (SSSR count). The van der Waals surface area contributed by atoms with E-state index in [0.717, 1.165) is 0 Å². The molecule has 16 amide bonds. The number of unbranched alkanes of at least 4 members (excludes halogenated alkanes) is 3. The van der Waals surface area contributed by atoms with Gasteiger partial charge in [0.2, 0.25) is 94.5 Å². The molecule has 46 nitrogen and oxygen atoms in total. The summed E-state index contributed by atoms with van der Waals surface area (Å²) in [5.74, 6) is -15.4. The van der Waals surface area contributed by atoms with Gasteiger partial charge in [-0.1, -0.05) is 27.7 Å². The summed E-state index contributed by atoms with van der Waals surface area (Å²) < 4.78 is 0. The summed E-state index contributed by atoms with van der Waals surface area (Å²) in [4.78, 5) is 256. The monoisotopic (exact) mass is 1820 g/mol. The molecule has 4 fully saturated rings. The molecular formula is C80H144N26O20S. The van der Waals surface area contributed by atoms with E-state index in [9.17, 15) is 91.7 Å². The molecule has 14 atom stereocenters. The summed E-state index contributed by atoms with van der Waals surface area (Å²) in [6, 6.07) is -18.2. The maximum atomic E-state index is 15.0. The lowest BCUT2D eigenvalue weighted by Gasteiger charge is -2.35. The number of thioether (sulfide) groups is 1. The molecule has 127 heavy (non-hydrogen) atoms. The number of rotatable bonds is 61. The average molecular weight is 1820 g/mol. The van der Waals surface area contributed by atoms with E-state index in [1.165, 1.54) is 31.4 Å². The molecule has 4 aliphatic rings. The third-order valence-corrected chi connectivity index (χ3v) is 23.1. The third-order valence-electron chi connectivity index (χ3n) is 22.4. The van der Waals surface area contributed by atoms with E-state index in [-0.39, 0.29) is 173 Å². The second kappa shape index (κ2) is 58.1. The van der Waals surface area contributed by atoms with Crippen LogP contribution in [-0.2, 0) is 86.3 Å². The Balaban J connectivity index is 1.56. The van der Waals surface area contributed by atoms with Gasteiger partial charge in [-0.2, -0.15) is 11.8 Å². The number of amides is 16. The van der Waals surface area contributed by atoms with Crippen LogP contribution in [0.25, 0.3) is 0 Å². The van der Waals surface area contributed by atoms with Gasteiger partial charge < -0.3 is 140 Å². The van der Waals surface area contributed by atoms with Gasteiger partial charge in [-0.3, -0.25) is 92.1 Å². The molecule has 0 bridgehead atoms. The highest BCUT2D eigenvalue weighted by Gasteiger charge is 2.48. The molecule has 0 saturated carbocycles. The van der Waals surface area contributed by atoms with E-state index in [2.05, 4.69) is 69.1 Å². The number of hydrogen-bond acceptors (Lipinski definition) is 29. The summed E-state index contributed by atoms with van der Waals surface area (Å²) in [6.07, 6.45) is 2.58. The van der Waals surface area contributed by atoms with Crippen molar-refractivity contribution in [3.63, 3.8) is 0 Å². The molecule has 0 aliphatic carbocycles. The van der Waals surface area contributed by atoms with Crippen molar-refractivity contribution in [1.82, 2.24) is 88.7 Å². The molecular weight excluding hydrogens is 1680 g/mol. The number of primary amides is 1. The van der Waals surface area contributed by atoms with Crippen LogP contribution in [0.3, 0.4) is 0 Å². The third kappa shape index (κ3) is 37.9. The van der Waals surface area contributed by atoms with E-state index in [0.29, 0.717) is 57.9 Å². The van der Waals surface area contributed by atoms with Crippen LogP contribution in [-0.4, -0.2) is 317 Å². The number of carboxylic acids is 2. The largest absolute Gasteiger partial charge is 0.481 e. The molecule has 0 aromatic carbocycles. The van der Waals surface area contributed by atoms with Crippen molar-refractivity contribution in [3.8, 4) is 0 Å². The summed E-state index contributed by atoms with van der Waals surface area (Å²) >= 11 is 1.31. The fourth-order valence-corrected chi connectivity index (χ4v) is 16.1. The van der Waals surface area contributed by atoms with Crippen molar-refractivity contribution in [2.75, 3.05) is 84.0 Å². The Morgan fingerprint density at radius 3 is 1.17 bits per heavy atom. The molecule has 33 N–H and O–H groups in total. The van der Waals surface area contributed by atoms with Crippen molar-refractivity contribution in [1.29, 1.82) is 0 Å². The molecule has 0 radical (unpaired) electrons. The van der Waals surface area contributed by atoms with Crippen LogP contribution in [0.2, 0.25) is 0 Å². The highest BCUT2D eigenvalue weighted by atomic mass is 32.2. The Kier molecular flexibility index (Phi) is 50.2. The number of carboxylic acid groups (broad SMARTS) is 2. The smallest absolute Gasteiger partial charge is 0.326 e. The number of nitrogens with zero attached hydrogens (tertiary/aromatic N) is 4. The lowest BCUT2D eigenvalue weighted by atomic mass is 9.98. The predicted molar refractivity (Wildman–Crippen MR) is 468 cm³/mol. The van der Waals surface area contributed by atoms with Gasteiger partial charge in [0.15, 0.2) is 0 Å². The van der Waals surface area contributed by atoms with E-state index >= 15 is 4.79 Å². The lowest BCUT2D eigenvalue weighted by Crippen LogP contribution is -2.61. The van der Waals surface area contributed by atoms with Gasteiger partial charge in [0.05, 0.1) is 13.1 Å². The number of hydrogen-bond donors (Lipinski definition) is 24. The van der Waals surface area contributed by atoms with E-state index in [1.54, 1.807) is 20.1 Å². The zero-order valence-corrected chi connectivity index (χ0v) is 74.9. The van der Waals surface area contributed by atoms with E-state index in [1.807, 2.05) is 13.8 Å². The van der Waals surface area contributed by atoms with Crippen molar-refractivity contribution >= 4 is 118 Å². The summed E-state index contributed by atoms with van der Waals surface area (Å²) in [6.45, 7) is 7.29. The number of likely N-dealkylation sites (tertiary alicyclic amines) is 4. The standard InChI is InChI=1S/C80H144N26O20S/c1-45(2)42-55(101-73(120)57-24-15-38-104(57)75(122)58-25-16-39-105(58)74(121)53(27-29-60(85)107)93-61(108)43-84)71(118)102-64(46(3)4)77(124)106-40-17-26-59(106)76(123)103-37-14-23-56(103)72(119)100-50(22-13-36-91-80(88)89)68(115)96-48(18-6-9-32-81)66(113)98-51(28-30-63(110)111)69(116)97-49(19-7-10-33-82)67(114)99-52(31-41-127-5)70(117)95-47(21-12-35-90-79(86)87)65(112)92-44-62(109)94-54(78(125)126)20-8-11-34-83/h45-59,64,79-80,90-91H,6-44,81-84,86-89H2,1-5H3,(H2,85,107)(H,92,112)(H,93,108)(H,94,109)(H,95,117)(H,96,115)(H,97,116)(H,98,113)(H,99,114)(H,100,119)(H,101,120)(H,102,118)(H,110,111)(H,125,126)/t47-,48-,49-,50-,51-,52-,53-,54-,55-,56-,57-,58-,59-,64-/m0/s1. The van der Waals surface area contributed by atoms with Gasteiger partial charge in [0, 0.05) is 39.0 Å². The zero-order valence-electron chi connectivity index (χ0n) is 74.1. The van der Waals surface area contributed by atoms with Crippen molar-refractivity contribution in [3.05, 3.63) is 0 Å². The molecule has 47 heteroatoms. The zero-order chi connectivity index (χ0) is 94.6. The summed E-state index contributed by atoms with van der Waals surface area (Å²) in [7, 11) is 0. The van der Waals surface area contributed by atoms with E-state index in [4.69, 9.17) is 51.6 Å². The normalized spacial score (nSPS) is 18.6. The Morgan fingerprint density at radius 1 is 0.394 bits per heavy atom. The first-order valence-electron chi connectivity index (χ1n) is 44.4. The van der Waals surface area contributed by atoms with Crippen molar-refractivity contribution < 1.29 is 96.5 Å². The highest BCUT2D eigenvalue weighted by molar-refractivity contribution is 7.98. The lowest BCUT2D eigenvalue weighted by molar-refractivity contribution is -0.149. The second-order valence-electron chi connectivity index (χ2n) is 33.4. The Bertz CT molecular complexity index is 3650. The number of aliphatic carboxylic acids is 2. The minimum absolute atomic E-state index is 0.0263. The molecule has 0 spiro atoms. The van der Waals surface area contributed by atoms with Gasteiger partial charge in [0.25, 0.3) is 0 Å². The highest BCUT2D eigenvalue weighted by Crippen LogP contribution is 2.30. The predicted octanol–water partition coefficient (Wildman–Crippen LogP) is -7.93. The fourth-order valence-electron chi connectivity index (χ4n) is 15.6. The van der Waals surface area contributed by atoms with Gasteiger partial charge in [0.1, 0.15) is 97.2 Å². The summed E-state index contributed by atoms with van der Waals surface area (Å²) in [5, 5.41) is 54.2. The van der Waals surface area contributed by atoms with Crippen LogP contribution in [0.5, 0.6) is 0 Å². The van der Waals surface area contributed by atoms with Crippen molar-refractivity contribution in [2.45, 2.75) is 298 Å². The Morgan fingerprint density at radius 2 is 0.764 bits per heavy atom. The molecule has 0 aromatic rings. The first-order valence-corrected chi connectivity index (χ1v) is 45.7.